The van der Waals surface area contributed by atoms with Crippen molar-refractivity contribution in [2.45, 2.75) is 34.1 Å². The highest BCUT2D eigenvalue weighted by Crippen LogP contribution is 2.30. The number of aryl methyl sites for hydroxylation is 2. The van der Waals surface area contributed by atoms with Crippen LogP contribution in [0, 0.1) is 13.5 Å². The van der Waals surface area contributed by atoms with Crippen molar-refractivity contribution in [1.82, 2.24) is 19.6 Å². The summed E-state index contributed by atoms with van der Waals surface area (Å²) in [6.45, 7) is 17.6. The van der Waals surface area contributed by atoms with Crippen molar-refractivity contribution in [2.24, 2.45) is 10.1 Å². The molecule has 3 aromatic rings. The number of anilines is 1. The van der Waals surface area contributed by atoms with Crippen molar-refractivity contribution in [1.29, 1.82) is 0 Å². The average Bonchev–Trinajstić information content (AvgIpc) is 3.32. The fourth-order valence-corrected chi connectivity index (χ4v) is 3.63. The van der Waals surface area contributed by atoms with Gasteiger partial charge in [0, 0.05) is 19.3 Å². The third-order valence-corrected chi connectivity index (χ3v) is 5.26. The predicted molar refractivity (Wildman–Crippen MR) is 123 cm³/mol. The van der Waals surface area contributed by atoms with Crippen LogP contribution in [0.15, 0.2) is 46.6 Å². The molecule has 0 saturated heterocycles. The Morgan fingerprint density at radius 3 is 2.52 bits per heavy atom. The number of fused-ring (bicyclic) bond motifs is 1. The van der Waals surface area contributed by atoms with Gasteiger partial charge in [0.25, 0.3) is 0 Å². The van der Waals surface area contributed by atoms with E-state index in [1.807, 2.05) is 44.2 Å². The van der Waals surface area contributed by atoms with Gasteiger partial charge in [-0.1, -0.05) is 19.6 Å². The van der Waals surface area contributed by atoms with E-state index >= 15 is 0 Å². The predicted octanol–water partition coefficient (Wildman–Crippen LogP) is 4.27. The van der Waals surface area contributed by atoms with Crippen molar-refractivity contribution >= 4 is 23.1 Å². The number of nitrogens with zero attached hydrogens (tertiary/aromatic N) is 8. The Kier molecular flexibility index (Phi) is 5.58. The number of imidazole rings is 1. The standard InChI is InChI=1S/C23H24N8/c1-6-16-21(18-11-9-10-14-25-18)31-23(28-16)20(22(24-5)29-31)27-17-12-13-19(26-15(17)4)30(7-2)8-3/h9-14H,6-8H2,1-4H3. The molecule has 0 fully saturated rings. The molecule has 31 heavy (non-hydrogen) atoms. The van der Waals surface area contributed by atoms with E-state index in [2.05, 4.69) is 33.7 Å². The normalized spacial score (nSPS) is 13.8. The number of aliphatic imine (C=N–C) groups is 1. The lowest BCUT2D eigenvalue weighted by molar-refractivity contribution is 0.842. The third-order valence-electron chi connectivity index (χ3n) is 5.26. The maximum Gasteiger partial charge on any atom is 0.323 e. The average molecular weight is 413 g/mol. The van der Waals surface area contributed by atoms with E-state index in [0.29, 0.717) is 17.2 Å². The highest BCUT2D eigenvalue weighted by Gasteiger charge is 2.33. The SMILES string of the molecule is [C-]#[N+]C1=Nn2c(nc(CC)c2-c2ccccn2)C1=Nc1ccc(N(CC)CC)nc1C. The highest BCUT2D eigenvalue weighted by molar-refractivity contribution is 6.51. The lowest BCUT2D eigenvalue weighted by atomic mass is 10.2. The molecule has 156 valence electrons. The summed E-state index contributed by atoms with van der Waals surface area (Å²) < 4.78 is 1.69. The lowest BCUT2D eigenvalue weighted by Gasteiger charge is -2.20. The molecule has 4 rings (SSSR count). The van der Waals surface area contributed by atoms with Crippen LogP contribution in [0.25, 0.3) is 16.2 Å². The largest absolute Gasteiger partial charge is 0.357 e. The van der Waals surface area contributed by atoms with Crippen LogP contribution in [0.3, 0.4) is 0 Å². The van der Waals surface area contributed by atoms with Crippen LogP contribution in [0.2, 0.25) is 0 Å². The fraction of sp³-hybridized carbons (Fsp3) is 0.304. The number of pyridine rings is 2. The van der Waals surface area contributed by atoms with E-state index in [1.165, 1.54) is 0 Å². The van der Waals surface area contributed by atoms with E-state index in [1.54, 1.807) is 10.9 Å². The number of aromatic nitrogens is 4. The first-order valence-electron chi connectivity index (χ1n) is 10.4. The van der Waals surface area contributed by atoms with E-state index in [4.69, 9.17) is 21.5 Å². The summed E-state index contributed by atoms with van der Waals surface area (Å²) in [7, 11) is 0. The van der Waals surface area contributed by atoms with Crippen LogP contribution >= 0.6 is 0 Å². The zero-order valence-electron chi connectivity index (χ0n) is 18.2. The van der Waals surface area contributed by atoms with Gasteiger partial charge in [-0.05, 0) is 56.6 Å². The first kappa shape index (κ1) is 20.4. The lowest BCUT2D eigenvalue weighted by Crippen LogP contribution is -2.23. The molecule has 3 aromatic heterocycles. The molecule has 0 atom stereocenters. The number of hydrogen-bond acceptors (Lipinski definition) is 6. The van der Waals surface area contributed by atoms with Crippen LogP contribution in [0.4, 0.5) is 11.5 Å². The summed E-state index contributed by atoms with van der Waals surface area (Å²) in [4.78, 5) is 24.5. The van der Waals surface area contributed by atoms with Gasteiger partial charge in [-0.2, -0.15) is 0 Å². The number of amidine groups is 1. The summed E-state index contributed by atoms with van der Waals surface area (Å²) in [6, 6.07) is 9.63. The molecule has 0 amide bonds. The zero-order valence-corrected chi connectivity index (χ0v) is 18.2. The van der Waals surface area contributed by atoms with Crippen molar-refractivity contribution in [2.75, 3.05) is 18.0 Å². The molecule has 8 heteroatoms. The van der Waals surface area contributed by atoms with E-state index in [9.17, 15) is 0 Å². The minimum Gasteiger partial charge on any atom is -0.357 e. The van der Waals surface area contributed by atoms with Crippen LogP contribution in [0.5, 0.6) is 0 Å². The van der Waals surface area contributed by atoms with Crippen LogP contribution in [-0.2, 0) is 6.42 Å². The van der Waals surface area contributed by atoms with E-state index in [-0.39, 0.29) is 5.84 Å². The maximum atomic E-state index is 7.61. The Hall–Kier alpha value is -3.86. The van der Waals surface area contributed by atoms with Crippen LogP contribution < -0.4 is 4.90 Å². The topological polar surface area (TPSA) is 75.9 Å². The first-order valence-corrected chi connectivity index (χ1v) is 10.4. The smallest absolute Gasteiger partial charge is 0.323 e. The van der Waals surface area contributed by atoms with Crippen molar-refractivity contribution in [3.8, 4) is 11.4 Å². The Balaban J connectivity index is 1.82. The Morgan fingerprint density at radius 1 is 1.10 bits per heavy atom. The summed E-state index contributed by atoms with van der Waals surface area (Å²) in [5.41, 5.74) is 4.42. The molecule has 0 saturated carbocycles. The van der Waals surface area contributed by atoms with Gasteiger partial charge in [0.1, 0.15) is 17.2 Å². The maximum absolute atomic E-state index is 7.61. The van der Waals surface area contributed by atoms with E-state index in [0.717, 1.165) is 48.1 Å². The number of rotatable bonds is 6. The van der Waals surface area contributed by atoms with Crippen LogP contribution in [0.1, 0.15) is 38.0 Å². The van der Waals surface area contributed by atoms with Gasteiger partial charge in [0.15, 0.2) is 5.82 Å². The quantitative estimate of drug-likeness (QED) is 0.567. The molecular formula is C23H24N8. The molecule has 0 aromatic carbocycles. The first-order chi connectivity index (χ1) is 15.1. The molecule has 1 aliphatic rings. The minimum absolute atomic E-state index is 0.217. The number of hydrogen-bond donors (Lipinski definition) is 0. The highest BCUT2D eigenvalue weighted by atomic mass is 15.4. The molecule has 0 aliphatic carbocycles. The second kappa shape index (κ2) is 8.48. The molecule has 8 nitrogen and oxygen atoms in total. The molecule has 4 heterocycles. The van der Waals surface area contributed by atoms with Gasteiger partial charge >= 0.3 is 5.84 Å². The minimum atomic E-state index is 0.217. The van der Waals surface area contributed by atoms with Gasteiger partial charge in [0.2, 0.25) is 0 Å². The monoisotopic (exact) mass is 412 g/mol. The zero-order chi connectivity index (χ0) is 22.0. The third kappa shape index (κ3) is 3.59. The molecule has 0 spiro atoms. The molecule has 0 unspecified atom stereocenters. The van der Waals surface area contributed by atoms with Gasteiger partial charge in [0.05, 0.1) is 22.8 Å². The summed E-state index contributed by atoms with van der Waals surface area (Å²) >= 11 is 0. The second-order valence-corrected chi connectivity index (χ2v) is 7.05. The summed E-state index contributed by atoms with van der Waals surface area (Å²) in [6.07, 6.45) is 2.46. The van der Waals surface area contributed by atoms with Crippen LogP contribution in [-0.4, -0.2) is 44.3 Å². The summed E-state index contributed by atoms with van der Waals surface area (Å²) in [5.74, 6) is 1.70. The van der Waals surface area contributed by atoms with Gasteiger partial charge in [-0.3, -0.25) is 9.98 Å². The molecule has 0 radical (unpaired) electrons. The van der Waals surface area contributed by atoms with Crippen molar-refractivity contribution < 1.29 is 0 Å². The fourth-order valence-electron chi connectivity index (χ4n) is 3.63. The van der Waals surface area contributed by atoms with Gasteiger partial charge in [-0.25, -0.2) is 9.97 Å². The second-order valence-electron chi connectivity index (χ2n) is 7.05. The molecular weight excluding hydrogens is 388 g/mol. The Labute approximate surface area is 181 Å². The Bertz CT molecular complexity index is 1210. The molecule has 1 aliphatic heterocycles. The van der Waals surface area contributed by atoms with Gasteiger partial charge in [-0.15, -0.1) is 4.68 Å². The molecule has 0 bridgehead atoms. The molecule has 0 N–H and O–H groups in total. The summed E-state index contributed by atoms with van der Waals surface area (Å²) in [5, 5.41) is 4.51. The van der Waals surface area contributed by atoms with Crippen molar-refractivity contribution in [3.63, 3.8) is 0 Å². The Morgan fingerprint density at radius 2 is 1.90 bits per heavy atom. The van der Waals surface area contributed by atoms with Gasteiger partial charge < -0.3 is 9.74 Å². The van der Waals surface area contributed by atoms with Crippen molar-refractivity contribution in [3.05, 3.63) is 65.2 Å². The van der Waals surface area contributed by atoms with E-state index < -0.39 is 0 Å².